The summed E-state index contributed by atoms with van der Waals surface area (Å²) in [5, 5.41) is 0. The molecule has 0 bridgehead atoms. The summed E-state index contributed by atoms with van der Waals surface area (Å²) in [4.78, 5) is 41.4. The van der Waals surface area contributed by atoms with Crippen LogP contribution in [0, 0.1) is 0 Å². The molecule has 3 amide bonds. The van der Waals surface area contributed by atoms with Crippen molar-refractivity contribution < 1.29 is 23.9 Å². The van der Waals surface area contributed by atoms with Gasteiger partial charge in [-0.25, -0.2) is 4.79 Å². The van der Waals surface area contributed by atoms with Gasteiger partial charge in [-0.1, -0.05) is 0 Å². The molecule has 0 aliphatic carbocycles. The van der Waals surface area contributed by atoms with Gasteiger partial charge in [0.25, 0.3) is 5.91 Å². The minimum atomic E-state index is -0.345. The number of ether oxygens (including phenoxy) is 2. The second kappa shape index (κ2) is 7.63. The molecule has 2 aliphatic rings. The van der Waals surface area contributed by atoms with Crippen molar-refractivity contribution in [2.75, 3.05) is 51.3 Å². The molecule has 0 spiro atoms. The van der Waals surface area contributed by atoms with Gasteiger partial charge in [0.1, 0.15) is 5.75 Å². The van der Waals surface area contributed by atoms with Crippen LogP contribution < -0.4 is 9.64 Å². The predicted molar refractivity (Wildman–Crippen MR) is 94.5 cm³/mol. The van der Waals surface area contributed by atoms with Gasteiger partial charge in [0.2, 0.25) is 5.91 Å². The fourth-order valence-corrected chi connectivity index (χ4v) is 3.07. The summed E-state index contributed by atoms with van der Waals surface area (Å²) in [5.41, 5.74) is 1.10. The molecule has 8 heteroatoms. The summed E-state index contributed by atoms with van der Waals surface area (Å²) in [7, 11) is 1.68. The number of hydrogen-bond donors (Lipinski definition) is 0. The third-order valence-electron chi connectivity index (χ3n) is 4.61. The van der Waals surface area contributed by atoms with E-state index in [1.807, 2.05) is 0 Å². The van der Waals surface area contributed by atoms with E-state index in [-0.39, 0.29) is 17.9 Å². The Morgan fingerprint density at radius 3 is 2.54 bits per heavy atom. The molecule has 8 nitrogen and oxygen atoms in total. The van der Waals surface area contributed by atoms with E-state index in [9.17, 15) is 14.4 Å². The number of hydrogen-bond acceptors (Lipinski definition) is 5. The van der Waals surface area contributed by atoms with Crippen LogP contribution in [0.4, 0.5) is 10.5 Å². The molecule has 0 unspecified atom stereocenters. The van der Waals surface area contributed by atoms with Crippen LogP contribution in [0.1, 0.15) is 23.7 Å². The van der Waals surface area contributed by atoms with E-state index < -0.39 is 0 Å². The minimum Gasteiger partial charge on any atom is -0.491 e. The Bertz CT molecular complexity index is 713. The second-order valence-electron chi connectivity index (χ2n) is 6.21. The SMILES string of the molecule is CCOC(=O)N1CCN(C(=O)c2ccc3c(c2)N(C)C(=O)CCO3)CC1. The number of carbonyl (C=O) groups excluding carboxylic acids is 3. The topological polar surface area (TPSA) is 79.4 Å². The Kier molecular flexibility index (Phi) is 5.29. The maximum absolute atomic E-state index is 12.8. The minimum absolute atomic E-state index is 0.0450. The van der Waals surface area contributed by atoms with Gasteiger partial charge in [-0.15, -0.1) is 0 Å². The molecule has 0 N–H and O–H groups in total. The van der Waals surface area contributed by atoms with E-state index in [1.165, 1.54) is 4.90 Å². The lowest BCUT2D eigenvalue weighted by Gasteiger charge is -2.34. The van der Waals surface area contributed by atoms with Crippen molar-refractivity contribution in [3.8, 4) is 5.75 Å². The van der Waals surface area contributed by atoms with Gasteiger partial charge in [0.05, 0.1) is 25.3 Å². The van der Waals surface area contributed by atoms with Crippen LogP contribution in [-0.2, 0) is 9.53 Å². The van der Waals surface area contributed by atoms with Crippen molar-refractivity contribution in [3.05, 3.63) is 23.8 Å². The first-order valence-corrected chi connectivity index (χ1v) is 8.75. The number of piperazine rings is 1. The lowest BCUT2D eigenvalue weighted by Crippen LogP contribution is -2.50. The van der Waals surface area contributed by atoms with E-state index in [1.54, 1.807) is 42.0 Å². The molecule has 2 heterocycles. The molecule has 1 aromatic carbocycles. The molecule has 2 aliphatic heterocycles. The summed E-state index contributed by atoms with van der Waals surface area (Å²) >= 11 is 0. The lowest BCUT2D eigenvalue weighted by molar-refractivity contribution is -0.118. The van der Waals surface area contributed by atoms with E-state index in [4.69, 9.17) is 9.47 Å². The van der Waals surface area contributed by atoms with Gasteiger partial charge in [-0.3, -0.25) is 9.59 Å². The maximum atomic E-state index is 12.8. The molecule has 0 saturated carbocycles. The highest BCUT2D eigenvalue weighted by molar-refractivity contribution is 5.99. The van der Waals surface area contributed by atoms with Crippen LogP contribution in [0.25, 0.3) is 0 Å². The standard InChI is InChI=1S/C18H23N3O5/c1-3-25-18(24)21-9-7-20(8-10-21)17(23)13-4-5-15-14(12-13)19(2)16(22)6-11-26-15/h4-5,12H,3,6-11H2,1-2H3. The van der Waals surface area contributed by atoms with Crippen molar-refractivity contribution in [1.82, 2.24) is 9.80 Å². The van der Waals surface area contributed by atoms with Crippen molar-refractivity contribution in [1.29, 1.82) is 0 Å². The average Bonchev–Trinajstić information content (AvgIpc) is 2.80. The van der Waals surface area contributed by atoms with Crippen molar-refractivity contribution in [2.45, 2.75) is 13.3 Å². The molecular formula is C18H23N3O5. The molecule has 1 saturated heterocycles. The number of benzene rings is 1. The monoisotopic (exact) mass is 361 g/mol. The molecular weight excluding hydrogens is 338 g/mol. The van der Waals surface area contributed by atoms with E-state index in [0.29, 0.717) is 62.8 Å². The number of carbonyl (C=O) groups is 3. The number of rotatable bonds is 2. The summed E-state index contributed by atoms with van der Waals surface area (Å²) < 4.78 is 10.6. The van der Waals surface area contributed by atoms with Crippen LogP contribution in [0.5, 0.6) is 5.75 Å². The number of anilines is 1. The van der Waals surface area contributed by atoms with E-state index in [2.05, 4.69) is 0 Å². The van der Waals surface area contributed by atoms with Crippen LogP contribution >= 0.6 is 0 Å². The van der Waals surface area contributed by atoms with Crippen LogP contribution in [-0.4, -0.2) is 74.1 Å². The summed E-state index contributed by atoms with van der Waals surface area (Å²) in [6.07, 6.45) is -0.0356. The second-order valence-corrected chi connectivity index (χ2v) is 6.21. The van der Waals surface area contributed by atoms with Crippen molar-refractivity contribution >= 4 is 23.6 Å². The van der Waals surface area contributed by atoms with Crippen LogP contribution in [0.15, 0.2) is 18.2 Å². The Hall–Kier alpha value is -2.77. The van der Waals surface area contributed by atoms with Gasteiger partial charge in [-0.2, -0.15) is 0 Å². The Morgan fingerprint density at radius 1 is 1.15 bits per heavy atom. The highest BCUT2D eigenvalue weighted by Crippen LogP contribution is 2.32. The third-order valence-corrected chi connectivity index (χ3v) is 4.61. The number of nitrogens with zero attached hydrogens (tertiary/aromatic N) is 3. The summed E-state index contributed by atoms with van der Waals surface area (Å²) in [6, 6.07) is 5.13. The normalized spacial score (nSPS) is 17.3. The molecule has 0 aromatic heterocycles. The molecule has 1 fully saturated rings. The zero-order valence-corrected chi connectivity index (χ0v) is 15.1. The lowest BCUT2D eigenvalue weighted by atomic mass is 10.1. The van der Waals surface area contributed by atoms with Gasteiger partial charge >= 0.3 is 6.09 Å². The Labute approximate surface area is 152 Å². The molecule has 0 atom stereocenters. The highest BCUT2D eigenvalue weighted by atomic mass is 16.6. The predicted octanol–water partition coefficient (Wildman–Crippen LogP) is 1.35. The molecule has 0 radical (unpaired) electrons. The maximum Gasteiger partial charge on any atom is 0.409 e. The van der Waals surface area contributed by atoms with E-state index in [0.717, 1.165) is 0 Å². The van der Waals surface area contributed by atoms with Gasteiger partial charge in [-0.05, 0) is 25.1 Å². The zero-order chi connectivity index (χ0) is 18.7. The van der Waals surface area contributed by atoms with E-state index >= 15 is 0 Å². The Morgan fingerprint density at radius 2 is 1.85 bits per heavy atom. The smallest absolute Gasteiger partial charge is 0.409 e. The van der Waals surface area contributed by atoms with Gasteiger partial charge < -0.3 is 24.2 Å². The fourth-order valence-electron chi connectivity index (χ4n) is 3.07. The zero-order valence-electron chi connectivity index (χ0n) is 15.1. The average molecular weight is 361 g/mol. The fraction of sp³-hybridized carbons (Fsp3) is 0.500. The molecule has 3 rings (SSSR count). The third kappa shape index (κ3) is 3.58. The number of amides is 3. The summed E-state index contributed by atoms with van der Waals surface area (Å²) in [6.45, 7) is 4.20. The van der Waals surface area contributed by atoms with Crippen LogP contribution in [0.3, 0.4) is 0 Å². The van der Waals surface area contributed by atoms with Crippen molar-refractivity contribution in [3.63, 3.8) is 0 Å². The molecule has 140 valence electrons. The van der Waals surface area contributed by atoms with Gasteiger partial charge in [0, 0.05) is 38.8 Å². The first kappa shape index (κ1) is 18.0. The highest BCUT2D eigenvalue weighted by Gasteiger charge is 2.27. The first-order chi connectivity index (χ1) is 12.5. The summed E-state index contributed by atoms with van der Waals surface area (Å²) in [5.74, 6) is 0.430. The first-order valence-electron chi connectivity index (χ1n) is 8.75. The quantitative estimate of drug-likeness (QED) is 0.794. The van der Waals surface area contributed by atoms with Crippen molar-refractivity contribution in [2.24, 2.45) is 0 Å². The molecule has 1 aromatic rings. The van der Waals surface area contributed by atoms with Crippen LogP contribution in [0.2, 0.25) is 0 Å². The molecule has 26 heavy (non-hydrogen) atoms. The number of fused-ring (bicyclic) bond motifs is 1. The Balaban J connectivity index is 1.70. The largest absolute Gasteiger partial charge is 0.491 e. The van der Waals surface area contributed by atoms with Gasteiger partial charge in [0.15, 0.2) is 0 Å².